The maximum atomic E-state index is 13.7. The second-order valence-electron chi connectivity index (χ2n) is 3.63. The van der Waals surface area contributed by atoms with Gasteiger partial charge in [-0.15, -0.1) is 0 Å². The first-order valence-corrected chi connectivity index (χ1v) is 6.90. The van der Waals surface area contributed by atoms with Crippen LogP contribution in [0.4, 0.5) is 10.1 Å². The molecule has 0 aliphatic rings. The Morgan fingerprint density at radius 3 is 2.84 bits per heavy atom. The zero-order valence-electron chi connectivity index (χ0n) is 9.43. The molecule has 19 heavy (non-hydrogen) atoms. The summed E-state index contributed by atoms with van der Waals surface area (Å²) in [6.45, 7) is -0.134. The molecular formula is C10H9ClFN3O3S. The van der Waals surface area contributed by atoms with Crippen LogP contribution in [0.3, 0.4) is 0 Å². The van der Waals surface area contributed by atoms with Gasteiger partial charge in [0.15, 0.2) is 5.82 Å². The lowest BCUT2D eigenvalue weighted by Crippen LogP contribution is -2.24. The van der Waals surface area contributed by atoms with E-state index in [4.69, 9.17) is 17.3 Å². The Balaban J connectivity index is 2.29. The molecule has 0 aliphatic carbocycles. The summed E-state index contributed by atoms with van der Waals surface area (Å²) in [7, 11) is -4.08. The molecule has 102 valence electrons. The van der Waals surface area contributed by atoms with Gasteiger partial charge >= 0.3 is 0 Å². The molecule has 0 atom stereocenters. The highest BCUT2D eigenvalue weighted by molar-refractivity contribution is 7.89. The minimum absolute atomic E-state index is 0.0493. The van der Waals surface area contributed by atoms with E-state index in [0.29, 0.717) is 5.69 Å². The van der Waals surface area contributed by atoms with Gasteiger partial charge in [-0.3, -0.25) is 0 Å². The first-order valence-electron chi connectivity index (χ1n) is 5.03. The predicted octanol–water partition coefficient (Wildman–Crippen LogP) is 1.53. The first kappa shape index (κ1) is 13.8. The van der Waals surface area contributed by atoms with Crippen LogP contribution in [0.15, 0.2) is 33.9 Å². The summed E-state index contributed by atoms with van der Waals surface area (Å²) in [6.07, 6.45) is 1.29. The Labute approximate surface area is 113 Å². The van der Waals surface area contributed by atoms with E-state index in [1.54, 1.807) is 0 Å². The van der Waals surface area contributed by atoms with Crippen molar-refractivity contribution in [3.05, 3.63) is 41.0 Å². The number of hydrogen-bond acceptors (Lipinski definition) is 5. The van der Waals surface area contributed by atoms with Gasteiger partial charge in [0, 0.05) is 11.8 Å². The molecule has 0 bridgehead atoms. The molecule has 0 saturated heterocycles. The summed E-state index contributed by atoms with van der Waals surface area (Å²) in [5, 5.41) is 3.16. The summed E-state index contributed by atoms with van der Waals surface area (Å²) >= 11 is 5.55. The molecule has 9 heteroatoms. The van der Waals surface area contributed by atoms with E-state index in [1.165, 1.54) is 12.3 Å². The van der Waals surface area contributed by atoms with E-state index in [1.807, 2.05) is 0 Å². The molecule has 6 nitrogen and oxygen atoms in total. The zero-order chi connectivity index (χ0) is 14.0. The summed E-state index contributed by atoms with van der Waals surface area (Å²) in [5.74, 6) is -1.05. The number of nitrogen functional groups attached to an aromatic ring is 1. The molecule has 2 rings (SSSR count). The summed E-state index contributed by atoms with van der Waals surface area (Å²) in [6, 6.07) is 3.60. The van der Waals surface area contributed by atoms with Gasteiger partial charge in [-0.1, -0.05) is 16.8 Å². The van der Waals surface area contributed by atoms with Crippen LogP contribution in [0.2, 0.25) is 5.02 Å². The van der Waals surface area contributed by atoms with E-state index >= 15 is 0 Å². The fraction of sp³-hybridized carbons (Fsp3) is 0.100. The summed E-state index contributed by atoms with van der Waals surface area (Å²) < 4.78 is 44.3. The molecule has 1 heterocycles. The third kappa shape index (κ3) is 3.03. The number of halogens is 2. The lowest BCUT2D eigenvalue weighted by atomic mass is 10.3. The van der Waals surface area contributed by atoms with Crippen LogP contribution in [0, 0.1) is 5.82 Å². The van der Waals surface area contributed by atoms with E-state index < -0.39 is 20.7 Å². The highest BCUT2D eigenvalue weighted by Crippen LogP contribution is 2.25. The van der Waals surface area contributed by atoms with Gasteiger partial charge in [-0.25, -0.2) is 17.5 Å². The number of nitrogens with two attached hydrogens (primary N) is 1. The van der Waals surface area contributed by atoms with Crippen molar-refractivity contribution in [1.29, 1.82) is 0 Å². The topological polar surface area (TPSA) is 98.2 Å². The minimum atomic E-state index is -4.08. The van der Waals surface area contributed by atoms with Gasteiger partial charge < -0.3 is 10.3 Å². The lowest BCUT2D eigenvalue weighted by Gasteiger charge is -2.08. The summed E-state index contributed by atoms with van der Waals surface area (Å²) in [5.41, 5.74) is 5.85. The molecule has 0 amide bonds. The third-order valence-electron chi connectivity index (χ3n) is 2.24. The van der Waals surface area contributed by atoms with Crippen molar-refractivity contribution < 1.29 is 17.3 Å². The average Bonchev–Trinajstić information content (AvgIpc) is 2.84. The molecule has 0 spiro atoms. The van der Waals surface area contributed by atoms with Gasteiger partial charge in [0.2, 0.25) is 10.0 Å². The Morgan fingerprint density at radius 2 is 2.21 bits per heavy atom. The predicted molar refractivity (Wildman–Crippen MR) is 66.4 cm³/mol. The maximum absolute atomic E-state index is 13.7. The number of nitrogens with zero attached hydrogens (tertiary/aromatic N) is 1. The summed E-state index contributed by atoms with van der Waals surface area (Å²) in [4.78, 5) is -0.610. The van der Waals surface area contributed by atoms with Crippen molar-refractivity contribution in [2.45, 2.75) is 11.4 Å². The van der Waals surface area contributed by atoms with Crippen LogP contribution < -0.4 is 10.5 Å². The molecule has 0 aliphatic heterocycles. The molecule has 0 radical (unpaired) electrons. The molecule has 0 unspecified atom stereocenters. The smallest absolute Gasteiger partial charge is 0.243 e. The number of benzene rings is 1. The van der Waals surface area contributed by atoms with E-state index in [0.717, 1.165) is 12.1 Å². The maximum Gasteiger partial charge on any atom is 0.243 e. The second kappa shape index (κ2) is 5.16. The average molecular weight is 306 g/mol. The van der Waals surface area contributed by atoms with Crippen molar-refractivity contribution in [3.8, 4) is 0 Å². The lowest BCUT2D eigenvalue weighted by molar-refractivity contribution is 0.411. The van der Waals surface area contributed by atoms with Crippen molar-refractivity contribution in [1.82, 2.24) is 9.88 Å². The van der Waals surface area contributed by atoms with Gasteiger partial charge in [-0.05, 0) is 12.1 Å². The van der Waals surface area contributed by atoms with E-state index in [2.05, 4.69) is 14.4 Å². The highest BCUT2D eigenvalue weighted by Gasteiger charge is 2.22. The SMILES string of the molecule is Nc1cc(Cl)c(F)c(S(=O)(=O)NCc2ccon2)c1. The molecule has 2 aromatic rings. The van der Waals surface area contributed by atoms with Crippen LogP contribution in [0.5, 0.6) is 0 Å². The van der Waals surface area contributed by atoms with Crippen LogP contribution in [0.1, 0.15) is 5.69 Å². The number of aromatic nitrogens is 1. The molecule has 3 N–H and O–H groups in total. The second-order valence-corrected chi connectivity index (χ2v) is 5.77. The molecule has 0 fully saturated rings. The van der Waals surface area contributed by atoms with Crippen molar-refractivity contribution in [2.24, 2.45) is 0 Å². The number of nitrogens with one attached hydrogen (secondary N) is 1. The monoisotopic (exact) mass is 305 g/mol. The molecule has 1 aromatic heterocycles. The van der Waals surface area contributed by atoms with Crippen LogP contribution in [-0.2, 0) is 16.6 Å². The number of rotatable bonds is 4. The third-order valence-corrected chi connectivity index (χ3v) is 3.92. The fourth-order valence-corrected chi connectivity index (χ4v) is 2.77. The van der Waals surface area contributed by atoms with Crippen LogP contribution in [0.25, 0.3) is 0 Å². The van der Waals surface area contributed by atoms with Crippen LogP contribution >= 0.6 is 11.6 Å². The van der Waals surface area contributed by atoms with E-state index in [-0.39, 0.29) is 17.3 Å². The van der Waals surface area contributed by atoms with Crippen LogP contribution in [-0.4, -0.2) is 13.6 Å². The van der Waals surface area contributed by atoms with Crippen molar-refractivity contribution >= 4 is 27.3 Å². The highest BCUT2D eigenvalue weighted by atomic mass is 35.5. The van der Waals surface area contributed by atoms with Gasteiger partial charge in [-0.2, -0.15) is 0 Å². The minimum Gasteiger partial charge on any atom is -0.399 e. The molecule has 0 saturated carbocycles. The molecule has 1 aromatic carbocycles. The Morgan fingerprint density at radius 1 is 1.47 bits per heavy atom. The zero-order valence-corrected chi connectivity index (χ0v) is 11.0. The fourth-order valence-electron chi connectivity index (χ4n) is 1.35. The largest absolute Gasteiger partial charge is 0.399 e. The Bertz CT molecular complexity index is 688. The first-order chi connectivity index (χ1) is 8.90. The van der Waals surface area contributed by atoms with Gasteiger partial charge in [0.05, 0.1) is 17.3 Å². The number of hydrogen-bond donors (Lipinski definition) is 2. The van der Waals surface area contributed by atoms with Crippen molar-refractivity contribution in [2.75, 3.05) is 5.73 Å². The van der Waals surface area contributed by atoms with Crippen molar-refractivity contribution in [3.63, 3.8) is 0 Å². The van der Waals surface area contributed by atoms with Gasteiger partial charge in [0.1, 0.15) is 11.2 Å². The van der Waals surface area contributed by atoms with Gasteiger partial charge in [0.25, 0.3) is 0 Å². The molecular weight excluding hydrogens is 297 g/mol. The standard InChI is InChI=1S/C10H9ClFN3O3S/c11-8-3-6(13)4-9(10(8)12)19(16,17)14-5-7-1-2-18-15-7/h1-4,14H,5,13H2. The Hall–Kier alpha value is -1.64. The number of anilines is 1. The quantitative estimate of drug-likeness (QED) is 0.835. The number of sulfonamides is 1. The normalized spacial score (nSPS) is 11.7. The Kier molecular flexibility index (Phi) is 3.74. The van der Waals surface area contributed by atoms with E-state index in [9.17, 15) is 12.8 Å².